The van der Waals surface area contributed by atoms with Gasteiger partial charge in [0.25, 0.3) is 0 Å². The summed E-state index contributed by atoms with van der Waals surface area (Å²) < 4.78 is 16.2. The Morgan fingerprint density at radius 2 is 1.90 bits per heavy atom. The number of hydrogen-bond donors (Lipinski definition) is 0. The van der Waals surface area contributed by atoms with Gasteiger partial charge in [0.1, 0.15) is 6.04 Å². The second-order valence-electron chi connectivity index (χ2n) is 7.43. The largest absolute Gasteiger partial charge is 0.493 e. The molecule has 4 rings (SSSR count). The number of aryl methyl sites for hydroxylation is 1. The summed E-state index contributed by atoms with van der Waals surface area (Å²) >= 11 is 0. The first-order chi connectivity index (χ1) is 14.6. The summed E-state index contributed by atoms with van der Waals surface area (Å²) in [4.78, 5) is 19.3. The molecule has 0 spiro atoms. The van der Waals surface area contributed by atoms with E-state index in [0.717, 1.165) is 24.0 Å². The minimum Gasteiger partial charge on any atom is -0.493 e. The summed E-state index contributed by atoms with van der Waals surface area (Å²) in [6, 6.07) is 13.3. The van der Waals surface area contributed by atoms with Gasteiger partial charge in [0.05, 0.1) is 20.6 Å². The molecule has 0 N–H and O–H groups in total. The van der Waals surface area contributed by atoms with Gasteiger partial charge in [-0.3, -0.25) is 4.79 Å². The fraction of sp³-hybridized carbons (Fsp3) is 0.348. The van der Waals surface area contributed by atoms with E-state index in [0.29, 0.717) is 36.2 Å². The summed E-state index contributed by atoms with van der Waals surface area (Å²) in [6.45, 7) is 2.73. The van der Waals surface area contributed by atoms with Crippen molar-refractivity contribution < 1.29 is 18.8 Å². The topological polar surface area (TPSA) is 77.7 Å². The molecule has 2 heterocycles. The second kappa shape index (κ2) is 8.57. The van der Waals surface area contributed by atoms with Crippen molar-refractivity contribution in [3.63, 3.8) is 0 Å². The molecule has 7 nitrogen and oxygen atoms in total. The van der Waals surface area contributed by atoms with Crippen molar-refractivity contribution in [3.05, 3.63) is 59.5 Å². The number of benzene rings is 2. The van der Waals surface area contributed by atoms with E-state index in [4.69, 9.17) is 14.0 Å². The molecule has 1 fully saturated rings. The molecular weight excluding hydrogens is 382 g/mol. The van der Waals surface area contributed by atoms with Gasteiger partial charge in [-0.2, -0.15) is 4.98 Å². The van der Waals surface area contributed by atoms with E-state index < -0.39 is 0 Å². The van der Waals surface area contributed by atoms with Crippen molar-refractivity contribution in [3.8, 4) is 22.9 Å². The molecule has 0 unspecified atom stereocenters. The van der Waals surface area contributed by atoms with Gasteiger partial charge in [0.15, 0.2) is 11.5 Å². The van der Waals surface area contributed by atoms with Crippen LogP contribution in [0.3, 0.4) is 0 Å². The summed E-state index contributed by atoms with van der Waals surface area (Å²) in [5.41, 5.74) is 2.95. The number of amides is 1. The molecule has 0 radical (unpaired) electrons. The zero-order valence-corrected chi connectivity index (χ0v) is 17.4. The van der Waals surface area contributed by atoms with E-state index >= 15 is 0 Å². The number of aromatic nitrogens is 2. The summed E-state index contributed by atoms with van der Waals surface area (Å²) in [7, 11) is 3.17. The van der Waals surface area contributed by atoms with Crippen molar-refractivity contribution >= 4 is 5.91 Å². The highest BCUT2D eigenvalue weighted by atomic mass is 16.5. The maximum absolute atomic E-state index is 12.9. The van der Waals surface area contributed by atoms with E-state index in [9.17, 15) is 4.79 Å². The van der Waals surface area contributed by atoms with Gasteiger partial charge in [-0.15, -0.1) is 0 Å². The van der Waals surface area contributed by atoms with Gasteiger partial charge in [0.2, 0.25) is 17.6 Å². The minimum absolute atomic E-state index is 0.0761. The molecule has 0 aliphatic carbocycles. The molecule has 0 bridgehead atoms. The first-order valence-electron chi connectivity index (χ1n) is 10.00. The van der Waals surface area contributed by atoms with Gasteiger partial charge >= 0.3 is 0 Å². The number of nitrogens with zero attached hydrogens (tertiary/aromatic N) is 3. The highest BCUT2D eigenvalue weighted by molar-refractivity contribution is 5.79. The van der Waals surface area contributed by atoms with Crippen LogP contribution in [0, 0.1) is 6.92 Å². The predicted octanol–water partition coefficient (Wildman–Crippen LogP) is 3.97. The molecule has 1 aliphatic rings. The number of methoxy groups -OCH3 is 2. The van der Waals surface area contributed by atoms with Crippen molar-refractivity contribution in [1.82, 2.24) is 15.0 Å². The smallest absolute Gasteiger partial charge is 0.249 e. The Hall–Kier alpha value is -3.35. The minimum atomic E-state index is -0.190. The number of carbonyl (C=O) groups is 1. The molecule has 1 atom stereocenters. The lowest BCUT2D eigenvalue weighted by atomic mass is 10.1. The second-order valence-corrected chi connectivity index (χ2v) is 7.43. The number of rotatable bonds is 6. The molecule has 1 amide bonds. The number of likely N-dealkylation sites (tertiary alicyclic amines) is 1. The van der Waals surface area contributed by atoms with Crippen molar-refractivity contribution in [2.24, 2.45) is 0 Å². The van der Waals surface area contributed by atoms with Crippen molar-refractivity contribution in [2.45, 2.75) is 32.2 Å². The van der Waals surface area contributed by atoms with Crippen LogP contribution < -0.4 is 9.47 Å². The molecule has 1 saturated heterocycles. The Bertz CT molecular complexity index is 1030. The lowest BCUT2D eigenvalue weighted by Crippen LogP contribution is -2.32. The van der Waals surface area contributed by atoms with Gasteiger partial charge < -0.3 is 18.9 Å². The van der Waals surface area contributed by atoms with Gasteiger partial charge in [0, 0.05) is 12.1 Å². The van der Waals surface area contributed by atoms with Crippen LogP contribution >= 0.6 is 0 Å². The van der Waals surface area contributed by atoms with Crippen LogP contribution in [0.15, 0.2) is 47.0 Å². The zero-order chi connectivity index (χ0) is 21.1. The average molecular weight is 407 g/mol. The highest BCUT2D eigenvalue weighted by Crippen LogP contribution is 2.34. The monoisotopic (exact) mass is 407 g/mol. The van der Waals surface area contributed by atoms with Crippen molar-refractivity contribution in [2.75, 3.05) is 20.8 Å². The van der Waals surface area contributed by atoms with Crippen LogP contribution in [0.5, 0.6) is 11.5 Å². The molecule has 1 aromatic heterocycles. The van der Waals surface area contributed by atoms with E-state index in [2.05, 4.69) is 10.1 Å². The highest BCUT2D eigenvalue weighted by Gasteiger charge is 2.34. The number of carbonyl (C=O) groups excluding carboxylic acids is 1. The predicted molar refractivity (Wildman–Crippen MR) is 111 cm³/mol. The Morgan fingerprint density at radius 1 is 1.13 bits per heavy atom. The maximum Gasteiger partial charge on any atom is 0.249 e. The lowest BCUT2D eigenvalue weighted by molar-refractivity contribution is -0.131. The van der Waals surface area contributed by atoms with Crippen LogP contribution in [-0.4, -0.2) is 41.7 Å². The molecular formula is C23H25N3O4. The van der Waals surface area contributed by atoms with Crippen LogP contribution in [0.2, 0.25) is 0 Å². The molecule has 2 aromatic carbocycles. The zero-order valence-electron chi connectivity index (χ0n) is 17.4. The Labute approximate surface area is 175 Å². The standard InChI is InChI=1S/C23H25N3O4/c1-15-6-8-16(9-7-15)13-21(27)26-12-4-5-18(26)23-24-22(25-30-23)17-10-11-19(28-2)20(14-17)29-3/h6-11,14,18H,4-5,12-13H2,1-3H3/t18-/m0/s1. The van der Waals surface area contributed by atoms with Crippen molar-refractivity contribution in [1.29, 1.82) is 0 Å². The first kappa shape index (κ1) is 19.9. The van der Waals surface area contributed by atoms with Gasteiger partial charge in [-0.25, -0.2) is 0 Å². The fourth-order valence-corrected chi connectivity index (χ4v) is 3.77. The maximum atomic E-state index is 12.9. The normalized spacial score (nSPS) is 16.0. The third-order valence-corrected chi connectivity index (χ3v) is 5.42. The average Bonchev–Trinajstić information content (AvgIpc) is 3.44. The van der Waals surface area contributed by atoms with Crippen LogP contribution in [0.1, 0.15) is 35.9 Å². The Balaban J connectivity index is 1.52. The molecule has 156 valence electrons. The molecule has 1 aliphatic heterocycles. The quantitative estimate of drug-likeness (QED) is 0.615. The fourth-order valence-electron chi connectivity index (χ4n) is 3.77. The summed E-state index contributed by atoms with van der Waals surface area (Å²) in [5.74, 6) is 2.23. The van der Waals surface area contributed by atoms with Gasteiger partial charge in [-0.1, -0.05) is 35.0 Å². The van der Waals surface area contributed by atoms with E-state index in [1.807, 2.05) is 48.2 Å². The Kier molecular flexibility index (Phi) is 5.70. The first-order valence-corrected chi connectivity index (χ1v) is 10.00. The van der Waals surface area contributed by atoms with E-state index in [-0.39, 0.29) is 11.9 Å². The molecule has 3 aromatic rings. The Morgan fingerprint density at radius 3 is 2.63 bits per heavy atom. The number of ether oxygens (including phenoxy) is 2. The molecule has 30 heavy (non-hydrogen) atoms. The summed E-state index contributed by atoms with van der Waals surface area (Å²) in [6.07, 6.45) is 2.10. The SMILES string of the molecule is COc1ccc(-c2noc([C@@H]3CCCN3C(=O)Cc3ccc(C)cc3)n2)cc1OC. The van der Waals surface area contributed by atoms with Crippen LogP contribution in [0.25, 0.3) is 11.4 Å². The van der Waals surface area contributed by atoms with Crippen LogP contribution in [0.4, 0.5) is 0 Å². The third kappa shape index (κ3) is 4.01. The molecule has 0 saturated carbocycles. The van der Waals surface area contributed by atoms with E-state index in [1.165, 1.54) is 5.56 Å². The molecule has 7 heteroatoms. The lowest BCUT2D eigenvalue weighted by Gasteiger charge is -2.22. The van der Waals surface area contributed by atoms with Gasteiger partial charge in [-0.05, 0) is 43.5 Å². The third-order valence-electron chi connectivity index (χ3n) is 5.42. The van der Waals surface area contributed by atoms with E-state index in [1.54, 1.807) is 20.3 Å². The van der Waals surface area contributed by atoms with Crippen LogP contribution in [-0.2, 0) is 11.2 Å². The summed E-state index contributed by atoms with van der Waals surface area (Å²) in [5, 5.41) is 4.13. The number of hydrogen-bond acceptors (Lipinski definition) is 6.